The van der Waals surface area contributed by atoms with E-state index in [0.29, 0.717) is 13.2 Å². The van der Waals surface area contributed by atoms with Crippen LogP contribution in [0.2, 0.25) is 0 Å². The smallest absolute Gasteiger partial charge is 0.158 e. The van der Waals surface area contributed by atoms with Crippen LogP contribution in [0.15, 0.2) is 67.0 Å². The third-order valence-electron chi connectivity index (χ3n) is 4.72. The van der Waals surface area contributed by atoms with Crippen LogP contribution in [0, 0.1) is 0 Å². The third-order valence-corrected chi connectivity index (χ3v) is 4.72. The maximum atomic E-state index is 6.03. The molecule has 2 aromatic carbocycles. The molecule has 3 aromatic rings. The Balaban J connectivity index is 1.57. The molecule has 1 unspecified atom stereocenters. The molecule has 0 N–H and O–H groups in total. The molecule has 5 heteroatoms. The zero-order valence-corrected chi connectivity index (χ0v) is 15.7. The van der Waals surface area contributed by atoms with Gasteiger partial charge < -0.3 is 23.7 Å². The topological polar surface area (TPSA) is 35.9 Å². The summed E-state index contributed by atoms with van der Waals surface area (Å²) >= 11 is 0. The molecule has 2 heterocycles. The van der Waals surface area contributed by atoms with Crippen molar-refractivity contribution in [2.45, 2.75) is 13.2 Å². The van der Waals surface area contributed by atoms with Gasteiger partial charge in [0.2, 0.25) is 0 Å². The second-order valence-corrected chi connectivity index (χ2v) is 6.40. The summed E-state index contributed by atoms with van der Waals surface area (Å²) in [6.45, 7) is 4.22. The maximum Gasteiger partial charge on any atom is 0.158 e. The first-order valence-electron chi connectivity index (χ1n) is 9.22. The van der Waals surface area contributed by atoms with Gasteiger partial charge in [-0.1, -0.05) is 6.07 Å². The Morgan fingerprint density at radius 2 is 1.89 bits per heavy atom. The summed E-state index contributed by atoms with van der Waals surface area (Å²) in [6, 6.07) is 18.3. The Labute approximate surface area is 159 Å². The molecule has 0 bridgehead atoms. The Bertz CT molecular complexity index is 889. The number of methoxy groups -OCH3 is 1. The minimum absolute atomic E-state index is 0.0882. The summed E-state index contributed by atoms with van der Waals surface area (Å²) in [6.07, 6.45) is 4.10. The third kappa shape index (κ3) is 3.64. The van der Waals surface area contributed by atoms with Crippen molar-refractivity contribution >= 4 is 5.69 Å². The number of benzene rings is 2. The van der Waals surface area contributed by atoms with Crippen molar-refractivity contribution in [3.63, 3.8) is 0 Å². The number of ether oxygens (including phenoxy) is 3. The largest absolute Gasteiger partial charge is 0.497 e. The standard InChI is InChI=1S/C22H24N2O3/c1-3-26-21-6-4-5-19(15-21)23-12-11-17(16-23)22-24(13-14-27-22)18-7-9-20(25-2)10-8-18/h4-12,15-16,22H,3,13-14H2,1-2H3. The monoisotopic (exact) mass is 364 g/mol. The van der Waals surface area contributed by atoms with Gasteiger partial charge in [0.15, 0.2) is 6.23 Å². The summed E-state index contributed by atoms with van der Waals surface area (Å²) in [5, 5.41) is 0. The van der Waals surface area contributed by atoms with E-state index >= 15 is 0 Å². The Hall–Kier alpha value is -2.92. The molecule has 0 spiro atoms. The number of nitrogens with zero attached hydrogens (tertiary/aromatic N) is 2. The van der Waals surface area contributed by atoms with E-state index in [1.54, 1.807) is 7.11 Å². The number of anilines is 1. The van der Waals surface area contributed by atoms with Gasteiger partial charge in [0.25, 0.3) is 0 Å². The van der Waals surface area contributed by atoms with Crippen LogP contribution in [0.1, 0.15) is 18.7 Å². The highest BCUT2D eigenvalue weighted by molar-refractivity contribution is 5.51. The Morgan fingerprint density at radius 3 is 2.67 bits per heavy atom. The van der Waals surface area contributed by atoms with Crippen LogP contribution in [0.25, 0.3) is 5.69 Å². The lowest BCUT2D eigenvalue weighted by atomic mass is 10.2. The van der Waals surface area contributed by atoms with E-state index in [2.05, 4.69) is 46.1 Å². The predicted molar refractivity (Wildman–Crippen MR) is 106 cm³/mol. The van der Waals surface area contributed by atoms with Crippen LogP contribution in [-0.4, -0.2) is 31.4 Å². The van der Waals surface area contributed by atoms with Gasteiger partial charge in [0, 0.05) is 41.9 Å². The quantitative estimate of drug-likeness (QED) is 0.649. The van der Waals surface area contributed by atoms with E-state index in [9.17, 15) is 0 Å². The van der Waals surface area contributed by atoms with Gasteiger partial charge >= 0.3 is 0 Å². The summed E-state index contributed by atoms with van der Waals surface area (Å²) in [5.41, 5.74) is 3.33. The predicted octanol–water partition coefficient (Wildman–Crippen LogP) is 4.42. The minimum atomic E-state index is -0.0882. The first-order chi connectivity index (χ1) is 13.3. The SMILES string of the molecule is CCOc1cccc(-n2ccc(C3OCCN3c3ccc(OC)cc3)c2)c1. The summed E-state index contributed by atoms with van der Waals surface area (Å²) in [4.78, 5) is 2.27. The van der Waals surface area contributed by atoms with Gasteiger partial charge in [-0.2, -0.15) is 0 Å². The van der Waals surface area contributed by atoms with Crippen LogP contribution in [0.3, 0.4) is 0 Å². The molecule has 0 aliphatic carbocycles. The lowest BCUT2D eigenvalue weighted by molar-refractivity contribution is 0.114. The number of hydrogen-bond acceptors (Lipinski definition) is 4. The molecule has 4 rings (SSSR count). The molecule has 5 nitrogen and oxygen atoms in total. The van der Waals surface area contributed by atoms with E-state index < -0.39 is 0 Å². The first kappa shape index (κ1) is 17.5. The molecule has 1 atom stereocenters. The molecule has 1 saturated heterocycles. The molecule has 0 amide bonds. The summed E-state index contributed by atoms with van der Waals surface area (Å²) < 4.78 is 19.0. The lowest BCUT2D eigenvalue weighted by Gasteiger charge is -2.24. The van der Waals surface area contributed by atoms with Crippen LogP contribution in [0.4, 0.5) is 5.69 Å². The minimum Gasteiger partial charge on any atom is -0.497 e. The van der Waals surface area contributed by atoms with Crippen molar-refractivity contribution in [3.8, 4) is 17.2 Å². The van der Waals surface area contributed by atoms with Crippen molar-refractivity contribution < 1.29 is 14.2 Å². The fourth-order valence-corrected chi connectivity index (χ4v) is 3.40. The van der Waals surface area contributed by atoms with E-state index in [-0.39, 0.29) is 6.23 Å². The van der Waals surface area contributed by atoms with Gasteiger partial charge in [-0.3, -0.25) is 0 Å². The van der Waals surface area contributed by atoms with Gasteiger partial charge in [-0.05, 0) is 49.4 Å². The highest BCUT2D eigenvalue weighted by Gasteiger charge is 2.28. The zero-order valence-electron chi connectivity index (χ0n) is 15.7. The fourth-order valence-electron chi connectivity index (χ4n) is 3.40. The Morgan fingerprint density at radius 1 is 1.04 bits per heavy atom. The highest BCUT2D eigenvalue weighted by Crippen LogP contribution is 2.33. The lowest BCUT2D eigenvalue weighted by Crippen LogP contribution is -2.22. The maximum absolute atomic E-state index is 6.03. The average Bonchev–Trinajstić information content (AvgIpc) is 3.38. The van der Waals surface area contributed by atoms with Crippen molar-refractivity contribution in [1.29, 1.82) is 0 Å². The van der Waals surface area contributed by atoms with Gasteiger partial charge in [-0.15, -0.1) is 0 Å². The van der Waals surface area contributed by atoms with Crippen LogP contribution >= 0.6 is 0 Å². The fraction of sp³-hybridized carbons (Fsp3) is 0.273. The molecule has 1 aliphatic rings. The summed E-state index contributed by atoms with van der Waals surface area (Å²) in [5.74, 6) is 1.73. The van der Waals surface area contributed by atoms with Crippen molar-refractivity contribution in [1.82, 2.24) is 4.57 Å². The van der Waals surface area contributed by atoms with Crippen molar-refractivity contribution in [2.75, 3.05) is 31.8 Å². The van der Waals surface area contributed by atoms with E-state index in [0.717, 1.165) is 35.0 Å². The Kier molecular flexibility index (Phi) is 5.03. The molecule has 1 aromatic heterocycles. The van der Waals surface area contributed by atoms with Crippen molar-refractivity contribution in [3.05, 3.63) is 72.6 Å². The highest BCUT2D eigenvalue weighted by atomic mass is 16.5. The molecule has 0 radical (unpaired) electrons. The molecule has 1 aliphatic heterocycles. The molecule has 0 saturated carbocycles. The molecule has 1 fully saturated rings. The van der Waals surface area contributed by atoms with Gasteiger partial charge in [0.1, 0.15) is 11.5 Å². The second kappa shape index (κ2) is 7.76. The van der Waals surface area contributed by atoms with Crippen LogP contribution in [0.5, 0.6) is 11.5 Å². The van der Waals surface area contributed by atoms with Crippen LogP contribution < -0.4 is 14.4 Å². The first-order valence-corrected chi connectivity index (χ1v) is 9.22. The van der Waals surface area contributed by atoms with Gasteiger partial charge in [0.05, 0.1) is 20.3 Å². The average molecular weight is 364 g/mol. The summed E-state index contributed by atoms with van der Waals surface area (Å²) in [7, 11) is 1.68. The molecule has 27 heavy (non-hydrogen) atoms. The van der Waals surface area contributed by atoms with E-state index in [4.69, 9.17) is 14.2 Å². The van der Waals surface area contributed by atoms with Gasteiger partial charge in [-0.25, -0.2) is 0 Å². The molecule has 140 valence electrons. The van der Waals surface area contributed by atoms with Crippen molar-refractivity contribution in [2.24, 2.45) is 0 Å². The normalized spacial score (nSPS) is 16.5. The second-order valence-electron chi connectivity index (χ2n) is 6.40. The molecular weight excluding hydrogens is 340 g/mol. The number of aromatic nitrogens is 1. The molecular formula is C22H24N2O3. The zero-order chi connectivity index (χ0) is 18.6. The van der Waals surface area contributed by atoms with Crippen LogP contribution in [-0.2, 0) is 4.74 Å². The number of rotatable bonds is 6. The van der Waals surface area contributed by atoms with E-state index in [1.165, 1.54) is 0 Å². The number of hydrogen-bond donors (Lipinski definition) is 0. The van der Waals surface area contributed by atoms with E-state index in [1.807, 2.05) is 37.3 Å².